The summed E-state index contributed by atoms with van der Waals surface area (Å²) in [5.41, 5.74) is 3.22. The molecule has 1 aliphatic heterocycles. The Bertz CT molecular complexity index is 969. The molecular formula is C21H19F2NO5. The van der Waals surface area contributed by atoms with Gasteiger partial charge in [0.25, 0.3) is 0 Å². The van der Waals surface area contributed by atoms with Crippen molar-refractivity contribution in [3.05, 3.63) is 58.3 Å². The number of aliphatic imine (C=N–C) groups is 1. The van der Waals surface area contributed by atoms with E-state index in [2.05, 4.69) is 9.73 Å². The number of ether oxygens (including phenoxy) is 4. The standard InChI is InChI=1S/C21H19F2NO5/c1-11-5-12(2)7-14(6-11)19-24-15(20(25)29-19)8-13-9-16(26-3)18(28-21(22)23)17(10-13)27-4/h5-10,21H,1-4H3/b15-8-. The topological polar surface area (TPSA) is 66.4 Å². The molecule has 1 heterocycles. The molecule has 0 atom stereocenters. The van der Waals surface area contributed by atoms with E-state index in [-0.39, 0.29) is 28.8 Å². The predicted octanol–water partition coefficient (Wildman–Crippen LogP) is 4.27. The van der Waals surface area contributed by atoms with E-state index in [0.717, 1.165) is 11.1 Å². The van der Waals surface area contributed by atoms with Crippen molar-refractivity contribution in [2.24, 2.45) is 4.99 Å². The predicted molar refractivity (Wildman–Crippen MR) is 103 cm³/mol. The molecule has 8 heteroatoms. The molecule has 0 amide bonds. The second-order valence-corrected chi connectivity index (χ2v) is 6.35. The highest BCUT2D eigenvalue weighted by Gasteiger charge is 2.25. The number of hydrogen-bond donors (Lipinski definition) is 0. The Morgan fingerprint density at radius 2 is 1.59 bits per heavy atom. The molecule has 152 valence electrons. The van der Waals surface area contributed by atoms with Gasteiger partial charge in [-0.25, -0.2) is 9.79 Å². The van der Waals surface area contributed by atoms with Crippen LogP contribution in [0.2, 0.25) is 0 Å². The minimum absolute atomic E-state index is 0.0291. The molecule has 0 saturated carbocycles. The molecule has 3 rings (SSSR count). The van der Waals surface area contributed by atoms with Crippen LogP contribution >= 0.6 is 0 Å². The highest BCUT2D eigenvalue weighted by Crippen LogP contribution is 2.40. The summed E-state index contributed by atoms with van der Waals surface area (Å²) in [5.74, 6) is -0.599. The SMILES string of the molecule is COc1cc(/C=C2\N=C(c3cc(C)cc(C)c3)OC2=O)cc(OC)c1OC(F)F. The minimum atomic E-state index is -3.04. The maximum absolute atomic E-state index is 12.7. The molecule has 2 aromatic rings. The number of alkyl halides is 2. The van der Waals surface area contributed by atoms with Crippen molar-refractivity contribution in [2.45, 2.75) is 20.5 Å². The van der Waals surface area contributed by atoms with E-state index in [0.29, 0.717) is 11.1 Å². The van der Waals surface area contributed by atoms with Crippen LogP contribution in [0.1, 0.15) is 22.3 Å². The Kier molecular flexibility index (Phi) is 5.81. The lowest BCUT2D eigenvalue weighted by Gasteiger charge is -2.14. The number of rotatable bonds is 6. The van der Waals surface area contributed by atoms with Crippen LogP contribution in [0.3, 0.4) is 0 Å². The highest BCUT2D eigenvalue weighted by atomic mass is 19.3. The molecule has 1 aliphatic rings. The average molecular weight is 403 g/mol. The molecule has 0 unspecified atom stereocenters. The fraction of sp³-hybridized carbons (Fsp3) is 0.238. The Hall–Kier alpha value is -3.42. The van der Waals surface area contributed by atoms with E-state index < -0.39 is 12.6 Å². The number of carbonyl (C=O) groups excluding carboxylic acids is 1. The van der Waals surface area contributed by atoms with Gasteiger partial charge in [0, 0.05) is 5.56 Å². The maximum Gasteiger partial charge on any atom is 0.387 e. The Morgan fingerprint density at radius 3 is 2.10 bits per heavy atom. The third kappa shape index (κ3) is 4.53. The largest absolute Gasteiger partial charge is 0.493 e. The maximum atomic E-state index is 12.7. The average Bonchev–Trinajstić information content (AvgIpc) is 3.02. The number of esters is 1. The molecule has 0 bridgehead atoms. The van der Waals surface area contributed by atoms with Crippen LogP contribution in [-0.2, 0) is 9.53 Å². The van der Waals surface area contributed by atoms with Crippen molar-refractivity contribution in [1.29, 1.82) is 0 Å². The van der Waals surface area contributed by atoms with E-state index in [4.69, 9.17) is 14.2 Å². The number of methoxy groups -OCH3 is 2. The highest BCUT2D eigenvalue weighted by molar-refractivity contribution is 6.13. The van der Waals surface area contributed by atoms with Crippen LogP contribution in [0, 0.1) is 13.8 Å². The second-order valence-electron chi connectivity index (χ2n) is 6.35. The summed E-state index contributed by atoms with van der Waals surface area (Å²) in [4.78, 5) is 16.5. The first-order valence-corrected chi connectivity index (χ1v) is 8.62. The van der Waals surface area contributed by atoms with E-state index in [1.54, 1.807) is 0 Å². The third-order valence-corrected chi connectivity index (χ3v) is 4.08. The first-order valence-electron chi connectivity index (χ1n) is 8.62. The summed E-state index contributed by atoms with van der Waals surface area (Å²) < 4.78 is 45.3. The van der Waals surface area contributed by atoms with Crippen LogP contribution in [0.15, 0.2) is 41.0 Å². The van der Waals surface area contributed by atoms with Crippen LogP contribution in [0.25, 0.3) is 6.08 Å². The van der Waals surface area contributed by atoms with Crippen molar-refractivity contribution in [3.8, 4) is 17.2 Å². The zero-order valence-corrected chi connectivity index (χ0v) is 16.3. The Balaban J connectivity index is 2.00. The van der Waals surface area contributed by atoms with Gasteiger partial charge in [-0.3, -0.25) is 0 Å². The summed E-state index contributed by atoms with van der Waals surface area (Å²) in [7, 11) is 2.62. The summed E-state index contributed by atoms with van der Waals surface area (Å²) >= 11 is 0. The van der Waals surface area contributed by atoms with E-state index >= 15 is 0 Å². The van der Waals surface area contributed by atoms with E-state index in [1.807, 2.05) is 32.0 Å². The van der Waals surface area contributed by atoms with Gasteiger partial charge >= 0.3 is 12.6 Å². The summed E-state index contributed by atoms with van der Waals surface area (Å²) in [6, 6.07) is 8.60. The first-order chi connectivity index (χ1) is 13.8. The smallest absolute Gasteiger partial charge is 0.387 e. The van der Waals surface area contributed by atoms with Gasteiger partial charge in [0.05, 0.1) is 14.2 Å². The van der Waals surface area contributed by atoms with Gasteiger partial charge in [-0.05, 0) is 49.8 Å². The molecule has 0 fully saturated rings. The second kappa shape index (κ2) is 8.30. The molecule has 0 N–H and O–H groups in total. The number of nitrogens with zero attached hydrogens (tertiary/aromatic N) is 1. The van der Waals surface area contributed by atoms with Gasteiger partial charge in [0.15, 0.2) is 17.2 Å². The number of carbonyl (C=O) groups is 1. The van der Waals surface area contributed by atoms with Crippen molar-refractivity contribution in [1.82, 2.24) is 0 Å². The van der Waals surface area contributed by atoms with Gasteiger partial charge in [-0.1, -0.05) is 17.2 Å². The molecule has 0 spiro atoms. The van der Waals surface area contributed by atoms with Crippen LogP contribution in [0.4, 0.5) is 8.78 Å². The minimum Gasteiger partial charge on any atom is -0.493 e. The van der Waals surface area contributed by atoms with Crippen LogP contribution in [-0.4, -0.2) is 32.7 Å². The molecular weight excluding hydrogens is 384 g/mol. The fourth-order valence-electron chi connectivity index (χ4n) is 2.98. The van der Waals surface area contributed by atoms with Crippen molar-refractivity contribution in [3.63, 3.8) is 0 Å². The summed E-state index contributed by atoms with van der Waals surface area (Å²) in [6.07, 6.45) is 1.45. The lowest BCUT2D eigenvalue weighted by atomic mass is 10.1. The number of aryl methyl sites for hydroxylation is 2. The zero-order valence-electron chi connectivity index (χ0n) is 16.3. The number of cyclic esters (lactones) is 1. The fourth-order valence-corrected chi connectivity index (χ4v) is 2.98. The van der Waals surface area contributed by atoms with Crippen LogP contribution < -0.4 is 14.2 Å². The van der Waals surface area contributed by atoms with Crippen molar-refractivity contribution < 1.29 is 32.5 Å². The lowest BCUT2D eigenvalue weighted by Crippen LogP contribution is -2.06. The number of halogens is 2. The van der Waals surface area contributed by atoms with E-state index in [1.165, 1.54) is 32.4 Å². The molecule has 0 saturated heterocycles. The van der Waals surface area contributed by atoms with Crippen molar-refractivity contribution >= 4 is 17.9 Å². The monoisotopic (exact) mass is 403 g/mol. The number of hydrogen-bond acceptors (Lipinski definition) is 6. The Labute approximate surface area is 166 Å². The molecule has 2 aromatic carbocycles. The van der Waals surface area contributed by atoms with Gasteiger partial charge in [0.2, 0.25) is 11.6 Å². The van der Waals surface area contributed by atoms with Gasteiger partial charge in [-0.15, -0.1) is 0 Å². The Morgan fingerprint density at radius 1 is 1.00 bits per heavy atom. The lowest BCUT2D eigenvalue weighted by molar-refractivity contribution is -0.129. The molecule has 0 radical (unpaired) electrons. The van der Waals surface area contributed by atoms with Gasteiger partial charge in [0.1, 0.15) is 0 Å². The van der Waals surface area contributed by atoms with Crippen LogP contribution in [0.5, 0.6) is 17.2 Å². The summed E-state index contributed by atoms with van der Waals surface area (Å²) in [5, 5.41) is 0. The molecule has 6 nitrogen and oxygen atoms in total. The van der Waals surface area contributed by atoms with Crippen molar-refractivity contribution in [2.75, 3.05) is 14.2 Å². The quantitative estimate of drug-likeness (QED) is 0.532. The molecule has 0 aromatic heterocycles. The number of benzene rings is 2. The molecule has 0 aliphatic carbocycles. The summed E-state index contributed by atoms with van der Waals surface area (Å²) in [6.45, 7) is 0.829. The van der Waals surface area contributed by atoms with Gasteiger partial charge < -0.3 is 18.9 Å². The van der Waals surface area contributed by atoms with Gasteiger partial charge in [-0.2, -0.15) is 8.78 Å². The zero-order chi connectivity index (χ0) is 21.1. The van der Waals surface area contributed by atoms with E-state index in [9.17, 15) is 13.6 Å². The first kappa shape index (κ1) is 20.3. The normalized spacial score (nSPS) is 14.8. The third-order valence-electron chi connectivity index (χ3n) is 4.08. The molecule has 29 heavy (non-hydrogen) atoms.